The van der Waals surface area contributed by atoms with Crippen molar-refractivity contribution >= 4 is 28.8 Å². The molecule has 6 nitrogen and oxygen atoms in total. The molecule has 1 unspecified atom stereocenters. The van der Waals surface area contributed by atoms with E-state index in [1.54, 1.807) is 30.3 Å². The smallest absolute Gasteiger partial charge is 0.300 e. The lowest BCUT2D eigenvalue weighted by Gasteiger charge is -2.26. The molecule has 6 heteroatoms. The number of hydrogen-bond acceptors (Lipinski definition) is 5. The number of Topliss-reactive ketones (excluding diaryl/α,β-unsaturated/α-hetero) is 1. The Bertz CT molecular complexity index is 1260. The highest BCUT2D eigenvalue weighted by Gasteiger charge is 2.47. The zero-order chi connectivity index (χ0) is 24.4. The van der Waals surface area contributed by atoms with Crippen molar-refractivity contribution in [3.8, 4) is 5.75 Å². The fraction of sp³-hybridized carbons (Fsp3) is 0.214. The molecule has 3 aromatic carbocycles. The maximum absolute atomic E-state index is 13.3. The first kappa shape index (κ1) is 23.1. The summed E-state index contributed by atoms with van der Waals surface area (Å²) in [5.74, 6) is -1.04. The zero-order valence-corrected chi connectivity index (χ0v) is 19.8. The third kappa shape index (κ3) is 4.27. The van der Waals surface area contributed by atoms with Gasteiger partial charge in [0.05, 0.1) is 18.2 Å². The quantitative estimate of drug-likeness (QED) is 0.318. The van der Waals surface area contributed by atoms with Gasteiger partial charge in [-0.25, -0.2) is 0 Å². The molecule has 1 saturated heterocycles. The Morgan fingerprint density at radius 3 is 2.35 bits per heavy atom. The summed E-state index contributed by atoms with van der Waals surface area (Å²) < 4.78 is 5.56. The molecule has 4 rings (SSSR count). The van der Waals surface area contributed by atoms with Crippen LogP contribution in [0.15, 0.2) is 78.4 Å². The van der Waals surface area contributed by atoms with Crippen LogP contribution in [0.1, 0.15) is 29.7 Å². The van der Waals surface area contributed by atoms with E-state index in [1.807, 2.05) is 75.3 Å². The first-order valence-corrected chi connectivity index (χ1v) is 11.2. The van der Waals surface area contributed by atoms with Crippen LogP contribution in [-0.2, 0) is 9.59 Å². The van der Waals surface area contributed by atoms with E-state index in [0.717, 1.165) is 16.8 Å². The summed E-state index contributed by atoms with van der Waals surface area (Å²) in [5.41, 5.74) is 3.76. The van der Waals surface area contributed by atoms with Gasteiger partial charge in [-0.1, -0.05) is 36.4 Å². The normalized spacial score (nSPS) is 17.2. The van der Waals surface area contributed by atoms with Crippen molar-refractivity contribution in [2.24, 2.45) is 0 Å². The van der Waals surface area contributed by atoms with E-state index < -0.39 is 17.7 Å². The topological polar surface area (TPSA) is 70.1 Å². The Morgan fingerprint density at radius 1 is 1.00 bits per heavy atom. The highest BCUT2D eigenvalue weighted by Crippen LogP contribution is 2.42. The van der Waals surface area contributed by atoms with Gasteiger partial charge in [0.2, 0.25) is 0 Å². The molecule has 0 aromatic heterocycles. The van der Waals surface area contributed by atoms with E-state index in [2.05, 4.69) is 0 Å². The van der Waals surface area contributed by atoms with Crippen molar-refractivity contribution in [3.63, 3.8) is 0 Å². The molecule has 34 heavy (non-hydrogen) atoms. The van der Waals surface area contributed by atoms with Crippen molar-refractivity contribution in [3.05, 3.63) is 95.1 Å². The molecule has 1 atom stereocenters. The molecule has 3 aromatic rings. The van der Waals surface area contributed by atoms with Crippen LogP contribution in [0.25, 0.3) is 5.76 Å². The van der Waals surface area contributed by atoms with Crippen molar-refractivity contribution in [1.82, 2.24) is 0 Å². The van der Waals surface area contributed by atoms with Crippen LogP contribution in [0, 0.1) is 6.92 Å². The molecular formula is C28H28N2O4. The van der Waals surface area contributed by atoms with Crippen LogP contribution in [-0.4, -0.2) is 37.5 Å². The van der Waals surface area contributed by atoms with Crippen LogP contribution in [0.4, 0.5) is 11.4 Å². The van der Waals surface area contributed by atoms with Gasteiger partial charge in [-0.3, -0.25) is 14.5 Å². The molecule has 0 saturated carbocycles. The van der Waals surface area contributed by atoms with Gasteiger partial charge in [0.1, 0.15) is 11.5 Å². The Kier molecular flexibility index (Phi) is 6.41. The summed E-state index contributed by atoms with van der Waals surface area (Å²) in [5, 5.41) is 11.3. The van der Waals surface area contributed by atoms with Gasteiger partial charge < -0.3 is 14.7 Å². The monoisotopic (exact) mass is 456 g/mol. The van der Waals surface area contributed by atoms with Crippen molar-refractivity contribution in [2.45, 2.75) is 19.9 Å². The van der Waals surface area contributed by atoms with Crippen LogP contribution >= 0.6 is 0 Å². The first-order valence-electron chi connectivity index (χ1n) is 11.2. The van der Waals surface area contributed by atoms with E-state index in [9.17, 15) is 14.7 Å². The molecule has 0 spiro atoms. The van der Waals surface area contributed by atoms with E-state index in [0.29, 0.717) is 23.6 Å². The lowest BCUT2D eigenvalue weighted by molar-refractivity contribution is -0.132. The molecule has 1 amide bonds. The predicted octanol–water partition coefficient (Wildman–Crippen LogP) is 5.09. The largest absolute Gasteiger partial charge is 0.507 e. The minimum Gasteiger partial charge on any atom is -0.507 e. The maximum Gasteiger partial charge on any atom is 0.300 e. The second-order valence-electron chi connectivity index (χ2n) is 8.45. The number of aryl methyl sites for hydroxylation is 1. The van der Waals surface area contributed by atoms with Gasteiger partial charge in [0, 0.05) is 31.0 Å². The van der Waals surface area contributed by atoms with Crippen molar-refractivity contribution in [2.75, 3.05) is 30.5 Å². The number of ether oxygens (including phenoxy) is 1. The molecule has 0 radical (unpaired) electrons. The number of carbonyl (C=O) groups excluding carboxylic acids is 2. The number of rotatable bonds is 6. The van der Waals surface area contributed by atoms with Crippen LogP contribution < -0.4 is 14.5 Å². The van der Waals surface area contributed by atoms with Crippen molar-refractivity contribution in [1.29, 1.82) is 0 Å². The predicted molar refractivity (Wildman–Crippen MR) is 134 cm³/mol. The Morgan fingerprint density at radius 2 is 1.71 bits per heavy atom. The minimum atomic E-state index is -0.770. The Labute approximate surface area is 199 Å². The number of ketones is 1. The second-order valence-corrected chi connectivity index (χ2v) is 8.45. The standard InChI is InChI=1S/C28H28N2O4/c1-5-34-23-11-7-9-20(17-23)26(31)24-25(19-12-14-21(15-13-19)29(3)4)30(28(33)27(24)32)22-10-6-8-18(2)16-22/h6-17,25,31H,5H2,1-4H3/b26-24+. The zero-order valence-electron chi connectivity index (χ0n) is 19.8. The average molecular weight is 457 g/mol. The van der Waals surface area contributed by atoms with E-state index in [1.165, 1.54) is 4.90 Å². The van der Waals surface area contributed by atoms with Gasteiger partial charge in [-0.05, 0) is 61.4 Å². The molecular weight excluding hydrogens is 428 g/mol. The van der Waals surface area contributed by atoms with Gasteiger partial charge in [-0.2, -0.15) is 0 Å². The van der Waals surface area contributed by atoms with Gasteiger partial charge >= 0.3 is 0 Å². The number of hydrogen-bond donors (Lipinski definition) is 1. The molecule has 1 aliphatic heterocycles. The second kappa shape index (κ2) is 9.43. The molecule has 1 heterocycles. The van der Waals surface area contributed by atoms with Crippen molar-refractivity contribution < 1.29 is 19.4 Å². The third-order valence-electron chi connectivity index (χ3n) is 5.87. The minimum absolute atomic E-state index is 0.0535. The van der Waals surface area contributed by atoms with Gasteiger partial charge in [0.15, 0.2) is 0 Å². The number of anilines is 2. The third-order valence-corrected chi connectivity index (χ3v) is 5.87. The van der Waals surface area contributed by atoms with E-state index in [-0.39, 0.29) is 11.3 Å². The molecule has 1 aliphatic rings. The highest BCUT2D eigenvalue weighted by atomic mass is 16.5. The molecule has 0 aliphatic carbocycles. The highest BCUT2D eigenvalue weighted by molar-refractivity contribution is 6.51. The number of benzene rings is 3. The lowest BCUT2D eigenvalue weighted by atomic mass is 9.94. The summed E-state index contributed by atoms with van der Waals surface area (Å²) in [7, 11) is 3.89. The molecule has 1 N–H and O–H groups in total. The van der Waals surface area contributed by atoms with Crippen LogP contribution in [0.3, 0.4) is 0 Å². The fourth-order valence-corrected chi connectivity index (χ4v) is 4.20. The molecule has 174 valence electrons. The Balaban J connectivity index is 1.91. The lowest BCUT2D eigenvalue weighted by Crippen LogP contribution is -2.29. The summed E-state index contributed by atoms with van der Waals surface area (Å²) in [6.07, 6.45) is 0. The summed E-state index contributed by atoms with van der Waals surface area (Å²) in [4.78, 5) is 30.0. The van der Waals surface area contributed by atoms with Gasteiger partial charge in [0.25, 0.3) is 11.7 Å². The summed E-state index contributed by atoms with van der Waals surface area (Å²) in [6.45, 7) is 4.28. The SMILES string of the molecule is CCOc1cccc(/C(O)=C2\C(=O)C(=O)N(c3cccc(C)c3)C2c2ccc(N(C)C)cc2)c1. The fourth-order valence-electron chi connectivity index (χ4n) is 4.20. The van der Waals surface area contributed by atoms with E-state index >= 15 is 0 Å². The van der Waals surface area contributed by atoms with Gasteiger partial charge in [-0.15, -0.1) is 0 Å². The van der Waals surface area contributed by atoms with Crippen LogP contribution in [0.2, 0.25) is 0 Å². The summed E-state index contributed by atoms with van der Waals surface area (Å²) in [6, 6.07) is 21.2. The average Bonchev–Trinajstić information content (AvgIpc) is 3.09. The number of carbonyl (C=O) groups is 2. The molecule has 1 fully saturated rings. The Hall–Kier alpha value is -4.06. The number of nitrogens with zero attached hydrogens (tertiary/aromatic N) is 2. The number of aliphatic hydroxyl groups is 1. The summed E-state index contributed by atoms with van der Waals surface area (Å²) >= 11 is 0. The van der Waals surface area contributed by atoms with E-state index in [4.69, 9.17) is 4.74 Å². The molecule has 0 bridgehead atoms. The maximum atomic E-state index is 13.3. The van der Waals surface area contributed by atoms with Crippen LogP contribution in [0.5, 0.6) is 5.75 Å². The number of amides is 1. The first-order chi connectivity index (χ1) is 16.3. The number of aliphatic hydroxyl groups excluding tert-OH is 1.